The Hall–Kier alpha value is 0.310. The van der Waals surface area contributed by atoms with E-state index in [1.54, 1.807) is 11.8 Å². The monoisotopic (exact) mass is 178 g/mol. The second-order valence-corrected chi connectivity index (χ2v) is 4.03. The fourth-order valence-electron chi connectivity index (χ4n) is 1.08. The van der Waals surface area contributed by atoms with Crippen molar-refractivity contribution in [2.45, 2.75) is 24.5 Å². The number of alkyl halides is 1. The predicted octanol–water partition coefficient (Wildman–Crippen LogP) is 2.08. The molecule has 1 aliphatic rings. The van der Waals surface area contributed by atoms with Crippen LogP contribution < -0.4 is 0 Å². The fraction of sp³-hybridized carbons (Fsp3) is 0.857. The van der Waals surface area contributed by atoms with E-state index < -0.39 is 0 Å². The van der Waals surface area contributed by atoms with Gasteiger partial charge in [0.2, 0.25) is 0 Å². The standard InChI is InChI=1S/C7H11ClOS/c8-5-6(9)7-3-1-2-4-10-7/h7H,1-5H2. The van der Waals surface area contributed by atoms with E-state index in [0.29, 0.717) is 0 Å². The van der Waals surface area contributed by atoms with Crippen LogP contribution in [0.4, 0.5) is 0 Å². The quantitative estimate of drug-likeness (QED) is 0.603. The van der Waals surface area contributed by atoms with Gasteiger partial charge in [-0.3, -0.25) is 4.79 Å². The van der Waals surface area contributed by atoms with Crippen molar-refractivity contribution < 1.29 is 4.79 Å². The van der Waals surface area contributed by atoms with Gasteiger partial charge in [0, 0.05) is 0 Å². The van der Waals surface area contributed by atoms with Gasteiger partial charge in [-0.05, 0) is 18.6 Å². The Bertz CT molecular complexity index is 121. The van der Waals surface area contributed by atoms with Crippen molar-refractivity contribution in [3.63, 3.8) is 0 Å². The molecule has 0 aromatic heterocycles. The number of hydrogen-bond donors (Lipinski definition) is 0. The van der Waals surface area contributed by atoms with Gasteiger partial charge in [0.25, 0.3) is 0 Å². The molecule has 0 amide bonds. The molecule has 0 radical (unpaired) electrons. The molecular formula is C7H11ClOS. The third kappa shape index (κ3) is 2.17. The summed E-state index contributed by atoms with van der Waals surface area (Å²) in [7, 11) is 0. The summed E-state index contributed by atoms with van der Waals surface area (Å²) in [6, 6.07) is 0. The molecule has 1 fully saturated rings. The number of ketones is 1. The first-order valence-corrected chi connectivity index (χ1v) is 5.13. The van der Waals surface area contributed by atoms with Crippen molar-refractivity contribution in [1.82, 2.24) is 0 Å². The number of Topliss-reactive ketones (excluding diaryl/α,β-unsaturated/α-hetero) is 1. The minimum absolute atomic E-state index is 0.192. The van der Waals surface area contributed by atoms with Crippen molar-refractivity contribution in [3.05, 3.63) is 0 Å². The summed E-state index contributed by atoms with van der Waals surface area (Å²) < 4.78 is 0. The molecule has 0 N–H and O–H groups in total. The second-order valence-electron chi connectivity index (χ2n) is 2.46. The number of halogens is 1. The van der Waals surface area contributed by atoms with E-state index >= 15 is 0 Å². The van der Waals surface area contributed by atoms with Gasteiger partial charge in [0.1, 0.15) is 0 Å². The SMILES string of the molecule is O=C(CCl)C1CCCCS1. The van der Waals surface area contributed by atoms with Crippen LogP contribution in [0.1, 0.15) is 19.3 Å². The Morgan fingerprint density at radius 1 is 1.60 bits per heavy atom. The molecule has 58 valence electrons. The molecule has 0 spiro atoms. The molecule has 1 heterocycles. The zero-order chi connectivity index (χ0) is 7.40. The molecule has 1 rings (SSSR count). The summed E-state index contributed by atoms with van der Waals surface area (Å²) in [5, 5.41) is 0.214. The van der Waals surface area contributed by atoms with Gasteiger partial charge in [-0.2, -0.15) is 11.8 Å². The summed E-state index contributed by atoms with van der Waals surface area (Å²) in [5.41, 5.74) is 0. The van der Waals surface area contributed by atoms with Crippen LogP contribution in [-0.4, -0.2) is 22.7 Å². The zero-order valence-electron chi connectivity index (χ0n) is 5.81. The Kier molecular flexibility index (Phi) is 3.57. The molecule has 0 aromatic rings. The van der Waals surface area contributed by atoms with Crippen LogP contribution in [0.25, 0.3) is 0 Å². The lowest BCUT2D eigenvalue weighted by Gasteiger charge is -2.18. The van der Waals surface area contributed by atoms with Gasteiger partial charge < -0.3 is 0 Å². The summed E-state index contributed by atoms with van der Waals surface area (Å²) in [5.74, 6) is 1.54. The van der Waals surface area contributed by atoms with Crippen molar-refractivity contribution >= 4 is 29.1 Å². The highest BCUT2D eigenvalue weighted by molar-refractivity contribution is 8.00. The van der Waals surface area contributed by atoms with Gasteiger partial charge >= 0.3 is 0 Å². The minimum atomic E-state index is 0.192. The topological polar surface area (TPSA) is 17.1 Å². The zero-order valence-corrected chi connectivity index (χ0v) is 7.38. The number of thioether (sulfide) groups is 1. The number of carbonyl (C=O) groups is 1. The molecule has 0 aromatic carbocycles. The van der Waals surface area contributed by atoms with E-state index in [4.69, 9.17) is 11.6 Å². The van der Waals surface area contributed by atoms with Crippen LogP contribution in [0.15, 0.2) is 0 Å². The molecule has 0 aliphatic carbocycles. The van der Waals surface area contributed by atoms with Gasteiger partial charge in [-0.15, -0.1) is 11.6 Å². The van der Waals surface area contributed by atoms with Crippen molar-refractivity contribution in [3.8, 4) is 0 Å². The van der Waals surface area contributed by atoms with Gasteiger partial charge in [-0.25, -0.2) is 0 Å². The van der Waals surface area contributed by atoms with E-state index in [2.05, 4.69) is 0 Å². The number of rotatable bonds is 2. The van der Waals surface area contributed by atoms with Gasteiger partial charge in [0.05, 0.1) is 11.1 Å². The van der Waals surface area contributed by atoms with Crippen LogP contribution in [-0.2, 0) is 4.79 Å². The summed E-state index contributed by atoms with van der Waals surface area (Å²) >= 11 is 7.18. The van der Waals surface area contributed by atoms with Gasteiger partial charge in [-0.1, -0.05) is 6.42 Å². The maximum Gasteiger partial charge on any atom is 0.160 e. The van der Waals surface area contributed by atoms with E-state index in [0.717, 1.165) is 12.2 Å². The fourth-order valence-corrected chi connectivity index (χ4v) is 2.62. The van der Waals surface area contributed by atoms with Crippen LogP contribution >= 0.6 is 23.4 Å². The van der Waals surface area contributed by atoms with E-state index in [-0.39, 0.29) is 16.9 Å². The Morgan fingerprint density at radius 2 is 2.40 bits per heavy atom. The smallest absolute Gasteiger partial charge is 0.160 e. The normalized spacial score (nSPS) is 26.3. The number of hydrogen-bond acceptors (Lipinski definition) is 2. The van der Waals surface area contributed by atoms with Crippen molar-refractivity contribution in [1.29, 1.82) is 0 Å². The lowest BCUT2D eigenvalue weighted by molar-refractivity contribution is -0.116. The van der Waals surface area contributed by atoms with Crippen LogP contribution in [0, 0.1) is 0 Å². The summed E-state index contributed by atoms with van der Waals surface area (Å²) in [6.07, 6.45) is 3.49. The molecule has 0 saturated carbocycles. The van der Waals surface area contributed by atoms with Crippen LogP contribution in [0.5, 0.6) is 0 Å². The Labute approximate surface area is 70.5 Å². The first-order valence-electron chi connectivity index (χ1n) is 3.55. The lowest BCUT2D eigenvalue weighted by Crippen LogP contribution is -2.21. The average molecular weight is 179 g/mol. The van der Waals surface area contributed by atoms with Gasteiger partial charge in [0.15, 0.2) is 5.78 Å². The molecule has 1 atom stereocenters. The molecule has 1 saturated heterocycles. The van der Waals surface area contributed by atoms with E-state index in [1.165, 1.54) is 12.8 Å². The Balaban J connectivity index is 2.31. The Morgan fingerprint density at radius 3 is 2.90 bits per heavy atom. The first-order chi connectivity index (χ1) is 4.84. The minimum Gasteiger partial charge on any atom is -0.297 e. The first kappa shape index (κ1) is 8.41. The highest BCUT2D eigenvalue weighted by atomic mass is 35.5. The molecule has 1 aliphatic heterocycles. The molecule has 3 heteroatoms. The van der Waals surface area contributed by atoms with Crippen LogP contribution in [0.2, 0.25) is 0 Å². The predicted molar refractivity (Wildman–Crippen MR) is 45.8 cm³/mol. The van der Waals surface area contributed by atoms with E-state index in [9.17, 15) is 4.79 Å². The number of carbonyl (C=O) groups excluding carboxylic acids is 1. The second kappa shape index (κ2) is 4.24. The average Bonchev–Trinajstić information content (AvgIpc) is 2.05. The molecule has 1 nitrogen and oxygen atoms in total. The van der Waals surface area contributed by atoms with Crippen LogP contribution in [0.3, 0.4) is 0 Å². The maximum atomic E-state index is 11.0. The van der Waals surface area contributed by atoms with Crippen molar-refractivity contribution in [2.24, 2.45) is 0 Å². The summed E-state index contributed by atoms with van der Waals surface area (Å²) in [6.45, 7) is 0. The largest absolute Gasteiger partial charge is 0.297 e. The third-order valence-electron chi connectivity index (χ3n) is 1.67. The molecular weight excluding hydrogens is 168 g/mol. The highest BCUT2D eigenvalue weighted by Gasteiger charge is 2.19. The lowest BCUT2D eigenvalue weighted by atomic mass is 10.1. The highest BCUT2D eigenvalue weighted by Crippen LogP contribution is 2.25. The van der Waals surface area contributed by atoms with E-state index in [1.807, 2.05) is 0 Å². The third-order valence-corrected chi connectivity index (χ3v) is 3.36. The summed E-state index contributed by atoms with van der Waals surface area (Å²) in [4.78, 5) is 11.0. The van der Waals surface area contributed by atoms with Crippen molar-refractivity contribution in [2.75, 3.05) is 11.6 Å². The molecule has 0 bridgehead atoms. The molecule has 10 heavy (non-hydrogen) atoms. The maximum absolute atomic E-state index is 11.0. The molecule has 1 unspecified atom stereocenters.